The Morgan fingerprint density at radius 2 is 2.17 bits per heavy atom. The van der Waals surface area contributed by atoms with Crippen LogP contribution < -0.4 is 10.2 Å². The summed E-state index contributed by atoms with van der Waals surface area (Å²) < 4.78 is 45.9. The molecule has 0 spiro atoms. The van der Waals surface area contributed by atoms with Crippen LogP contribution in [0, 0.1) is 0 Å². The highest BCUT2D eigenvalue weighted by Crippen LogP contribution is 2.41. The van der Waals surface area contributed by atoms with Crippen molar-refractivity contribution < 1.29 is 27.8 Å². The second-order valence-corrected chi connectivity index (χ2v) is 6.48. The summed E-state index contributed by atoms with van der Waals surface area (Å²) >= 11 is 0. The Labute approximate surface area is 164 Å². The van der Waals surface area contributed by atoms with E-state index in [-0.39, 0.29) is 24.3 Å². The van der Waals surface area contributed by atoms with Crippen LogP contribution >= 0.6 is 0 Å². The van der Waals surface area contributed by atoms with E-state index in [9.17, 15) is 23.1 Å². The number of aliphatic carboxylic acids is 1. The lowest BCUT2D eigenvalue weighted by molar-refractivity contribution is -0.143. The smallest absolute Gasteiger partial charge is 0.419 e. The molecule has 1 aromatic carbocycles. The Kier molecular flexibility index (Phi) is 5.62. The zero-order valence-electron chi connectivity index (χ0n) is 15.4. The van der Waals surface area contributed by atoms with E-state index in [1.807, 2.05) is 0 Å². The number of hydrazone groups is 1. The zero-order valence-corrected chi connectivity index (χ0v) is 15.4. The fourth-order valence-corrected chi connectivity index (χ4v) is 3.21. The molecule has 29 heavy (non-hydrogen) atoms. The van der Waals surface area contributed by atoms with Gasteiger partial charge in [0.2, 0.25) is 0 Å². The molecule has 0 radical (unpaired) electrons. The molecule has 2 aromatic rings. The van der Waals surface area contributed by atoms with Crippen LogP contribution in [0.15, 0.2) is 48.0 Å². The third-order valence-electron chi connectivity index (χ3n) is 4.62. The lowest BCUT2D eigenvalue weighted by atomic mass is 9.81. The van der Waals surface area contributed by atoms with E-state index in [4.69, 9.17) is 4.74 Å². The first kappa shape index (κ1) is 20.4. The van der Waals surface area contributed by atoms with Crippen LogP contribution in [0.5, 0.6) is 5.75 Å². The van der Waals surface area contributed by atoms with Crippen molar-refractivity contribution in [2.45, 2.75) is 31.0 Å². The Morgan fingerprint density at radius 1 is 1.38 bits per heavy atom. The van der Waals surface area contributed by atoms with E-state index < -0.39 is 29.2 Å². The van der Waals surface area contributed by atoms with Crippen LogP contribution in [0.25, 0.3) is 0 Å². The van der Waals surface area contributed by atoms with Gasteiger partial charge in [-0.05, 0) is 43.2 Å². The van der Waals surface area contributed by atoms with E-state index in [2.05, 4.69) is 20.5 Å². The van der Waals surface area contributed by atoms with E-state index in [1.54, 1.807) is 6.92 Å². The molecular formula is C19H19F3N4O3. The maximum Gasteiger partial charge on any atom is 0.419 e. The van der Waals surface area contributed by atoms with Crippen molar-refractivity contribution >= 4 is 12.2 Å². The van der Waals surface area contributed by atoms with Gasteiger partial charge in [0, 0.05) is 24.0 Å². The number of halogens is 3. The van der Waals surface area contributed by atoms with Crippen LogP contribution in [0.1, 0.15) is 36.1 Å². The minimum atomic E-state index is -4.63. The van der Waals surface area contributed by atoms with Gasteiger partial charge in [0.05, 0.1) is 18.5 Å². The maximum absolute atomic E-state index is 13.6. The van der Waals surface area contributed by atoms with Crippen LogP contribution in [-0.4, -0.2) is 39.4 Å². The minimum Gasteiger partial charge on any atom is -0.493 e. The molecule has 0 amide bonds. The number of carboxylic acid groups (broad SMARTS) is 1. The van der Waals surface area contributed by atoms with Gasteiger partial charge in [-0.2, -0.15) is 18.3 Å². The summed E-state index contributed by atoms with van der Waals surface area (Å²) in [6.45, 7) is 1.68. The number of rotatable bonds is 7. The van der Waals surface area contributed by atoms with Gasteiger partial charge in [-0.15, -0.1) is 0 Å². The number of allylic oxidation sites excluding steroid dienone is 1. The molecular weight excluding hydrogens is 389 g/mol. The lowest BCUT2D eigenvalue weighted by Gasteiger charge is -2.31. The molecule has 3 rings (SSSR count). The summed E-state index contributed by atoms with van der Waals surface area (Å²) in [5.41, 5.74) is 0.823. The van der Waals surface area contributed by atoms with Gasteiger partial charge in [0.1, 0.15) is 5.75 Å². The molecule has 1 aromatic heterocycles. The fourth-order valence-electron chi connectivity index (χ4n) is 3.21. The van der Waals surface area contributed by atoms with Crippen molar-refractivity contribution in [3.63, 3.8) is 0 Å². The standard InChI is InChI=1S/C19H19F3N4O3/c1-2-29-16-5-4-12(8-14(16)19(20,21)22)13(15-10-23-11-24-15)9-18(17(27)28)6-3-7-25-26-18/h3-8,10-11,13,26H,2,9H2,1H3,(H,23,24)(H,27,28). The molecule has 0 bridgehead atoms. The average Bonchev–Trinajstić information content (AvgIpc) is 3.21. The number of ether oxygens (including phenoxy) is 1. The molecule has 10 heteroatoms. The van der Waals surface area contributed by atoms with Crippen molar-refractivity contribution in [2.75, 3.05) is 6.61 Å². The van der Waals surface area contributed by atoms with Crippen LogP contribution in [-0.2, 0) is 11.0 Å². The predicted octanol–water partition coefficient (Wildman–Crippen LogP) is 3.32. The van der Waals surface area contributed by atoms with Gasteiger partial charge in [-0.25, -0.2) is 9.78 Å². The second kappa shape index (κ2) is 7.98. The number of nitrogens with zero attached hydrogens (tertiary/aromatic N) is 2. The summed E-state index contributed by atoms with van der Waals surface area (Å²) in [5, 5.41) is 13.6. The fraction of sp³-hybridized carbons (Fsp3) is 0.316. The number of aromatic amines is 1. The molecule has 7 nitrogen and oxygen atoms in total. The second-order valence-electron chi connectivity index (χ2n) is 6.48. The monoisotopic (exact) mass is 408 g/mol. The number of alkyl halides is 3. The summed E-state index contributed by atoms with van der Waals surface area (Å²) in [4.78, 5) is 18.8. The third-order valence-corrected chi connectivity index (χ3v) is 4.62. The highest BCUT2D eigenvalue weighted by molar-refractivity contribution is 5.85. The Balaban J connectivity index is 2.08. The third kappa shape index (κ3) is 4.25. The molecule has 2 heterocycles. The Hall–Kier alpha value is -3.30. The number of hydrogen-bond donors (Lipinski definition) is 3. The first-order chi connectivity index (χ1) is 13.8. The number of carbonyl (C=O) groups is 1. The van der Waals surface area contributed by atoms with Crippen molar-refractivity contribution in [3.05, 3.63) is 59.7 Å². The average molecular weight is 408 g/mol. The molecule has 0 fully saturated rings. The molecule has 2 unspecified atom stereocenters. The zero-order chi connectivity index (χ0) is 21.1. The number of benzene rings is 1. The van der Waals surface area contributed by atoms with E-state index in [1.165, 1.54) is 43.0 Å². The minimum absolute atomic E-state index is 0.0846. The molecule has 0 saturated heterocycles. The Bertz CT molecular complexity index is 925. The molecule has 1 aliphatic rings. The molecule has 2 atom stereocenters. The normalized spacial score (nSPS) is 19.6. The lowest BCUT2D eigenvalue weighted by Crippen LogP contribution is -2.50. The summed E-state index contributed by atoms with van der Waals surface area (Å²) in [6, 6.07) is 3.74. The van der Waals surface area contributed by atoms with Crippen molar-refractivity contribution in [3.8, 4) is 5.75 Å². The number of H-pyrrole nitrogens is 1. The largest absolute Gasteiger partial charge is 0.493 e. The molecule has 1 aliphatic heterocycles. The number of carboxylic acids is 1. The SMILES string of the molecule is CCOc1ccc(C(CC2(C(=O)O)C=CC=NN2)c2cnc[nH]2)cc1C(F)(F)F. The molecule has 154 valence electrons. The quantitative estimate of drug-likeness (QED) is 0.653. The van der Waals surface area contributed by atoms with E-state index in [0.717, 1.165) is 6.07 Å². The summed E-state index contributed by atoms with van der Waals surface area (Å²) in [7, 11) is 0. The van der Waals surface area contributed by atoms with E-state index >= 15 is 0 Å². The number of hydrogen-bond acceptors (Lipinski definition) is 5. The van der Waals surface area contributed by atoms with Gasteiger partial charge < -0.3 is 14.8 Å². The van der Waals surface area contributed by atoms with Crippen LogP contribution in [0.2, 0.25) is 0 Å². The van der Waals surface area contributed by atoms with Gasteiger partial charge >= 0.3 is 12.1 Å². The summed E-state index contributed by atoms with van der Waals surface area (Å²) in [6.07, 6.45) is 2.42. The molecule has 0 saturated carbocycles. The highest BCUT2D eigenvalue weighted by Gasteiger charge is 2.41. The first-order valence-electron chi connectivity index (χ1n) is 8.80. The highest BCUT2D eigenvalue weighted by atomic mass is 19.4. The van der Waals surface area contributed by atoms with Crippen LogP contribution in [0.3, 0.4) is 0 Å². The summed E-state index contributed by atoms with van der Waals surface area (Å²) in [5.74, 6) is -2.20. The van der Waals surface area contributed by atoms with E-state index in [0.29, 0.717) is 5.69 Å². The molecule has 3 N–H and O–H groups in total. The van der Waals surface area contributed by atoms with Crippen molar-refractivity contribution in [2.24, 2.45) is 5.10 Å². The predicted molar refractivity (Wildman–Crippen MR) is 98.8 cm³/mol. The van der Waals surface area contributed by atoms with Gasteiger partial charge in [0.25, 0.3) is 0 Å². The van der Waals surface area contributed by atoms with Gasteiger partial charge in [-0.1, -0.05) is 6.07 Å². The Morgan fingerprint density at radius 3 is 2.72 bits per heavy atom. The molecule has 0 aliphatic carbocycles. The van der Waals surface area contributed by atoms with Gasteiger partial charge in [-0.3, -0.25) is 5.43 Å². The van der Waals surface area contributed by atoms with Crippen molar-refractivity contribution in [1.82, 2.24) is 15.4 Å². The first-order valence-corrected chi connectivity index (χ1v) is 8.80. The number of nitrogens with one attached hydrogen (secondary N) is 2. The number of aromatic nitrogens is 2. The maximum atomic E-state index is 13.6. The topological polar surface area (TPSA) is 99.6 Å². The van der Waals surface area contributed by atoms with Gasteiger partial charge in [0.15, 0.2) is 5.54 Å². The number of imidazole rings is 1. The van der Waals surface area contributed by atoms with Crippen LogP contribution in [0.4, 0.5) is 13.2 Å². The van der Waals surface area contributed by atoms with Crippen molar-refractivity contribution in [1.29, 1.82) is 0 Å².